The van der Waals surface area contributed by atoms with Crippen LogP contribution in [0.2, 0.25) is 0 Å². The topological polar surface area (TPSA) is 307 Å². The molecule has 398 valence electrons. The van der Waals surface area contributed by atoms with Gasteiger partial charge in [0.25, 0.3) is 0 Å². The molecule has 0 aromatic rings. The minimum atomic E-state index is -1.98. The van der Waals surface area contributed by atoms with Gasteiger partial charge in [-0.2, -0.15) is 0 Å². The van der Waals surface area contributed by atoms with Gasteiger partial charge in [-0.05, 0) is 44.9 Å². The molecule has 0 bridgehead atoms. The summed E-state index contributed by atoms with van der Waals surface area (Å²) in [7, 11) is 0. The molecule has 19 heteroatoms. The fourth-order valence-electron chi connectivity index (χ4n) is 8.65. The van der Waals surface area contributed by atoms with Gasteiger partial charge in [0, 0.05) is 6.42 Å². The zero-order chi connectivity index (χ0) is 49.8. The average molecular weight is 980 g/mol. The van der Waals surface area contributed by atoms with Crippen molar-refractivity contribution in [3.8, 4) is 0 Å². The van der Waals surface area contributed by atoms with Gasteiger partial charge in [0.05, 0.1) is 38.6 Å². The highest BCUT2D eigenvalue weighted by Gasteiger charge is 2.53. The molecular formula is C49H89NO18. The average Bonchev–Trinajstić information content (AvgIpc) is 3.33. The van der Waals surface area contributed by atoms with Crippen LogP contribution in [0.3, 0.4) is 0 Å². The third-order valence-corrected chi connectivity index (χ3v) is 13.0. The lowest BCUT2D eigenvalue weighted by Crippen LogP contribution is -2.66. The smallest absolute Gasteiger partial charge is 0.220 e. The van der Waals surface area contributed by atoms with E-state index in [9.17, 15) is 61.0 Å². The first kappa shape index (κ1) is 60.6. The summed E-state index contributed by atoms with van der Waals surface area (Å²) < 4.78 is 34.0. The summed E-state index contributed by atoms with van der Waals surface area (Å²) in [6, 6.07) is -0.971. The van der Waals surface area contributed by atoms with Gasteiger partial charge in [-0.3, -0.25) is 4.79 Å². The van der Waals surface area contributed by atoms with E-state index in [-0.39, 0.29) is 18.9 Å². The first-order valence-corrected chi connectivity index (χ1v) is 25.6. The highest BCUT2D eigenvalue weighted by molar-refractivity contribution is 5.76. The summed E-state index contributed by atoms with van der Waals surface area (Å²) in [6.07, 6.45) is 3.35. The minimum absolute atomic E-state index is 0.233. The predicted molar refractivity (Wildman–Crippen MR) is 250 cm³/mol. The van der Waals surface area contributed by atoms with E-state index < -0.39 is 124 Å². The van der Waals surface area contributed by atoms with Crippen LogP contribution in [0, 0.1) is 0 Å². The number of unbranched alkanes of at least 4 members (excludes halogenated alkanes) is 17. The number of carbonyl (C=O) groups excluding carboxylic acids is 1. The van der Waals surface area contributed by atoms with Gasteiger partial charge in [-0.1, -0.05) is 122 Å². The van der Waals surface area contributed by atoms with Gasteiger partial charge in [0.15, 0.2) is 18.9 Å². The molecule has 0 aromatic carbocycles. The van der Waals surface area contributed by atoms with Crippen LogP contribution >= 0.6 is 0 Å². The maximum atomic E-state index is 13.2. The Labute approximate surface area is 403 Å². The second kappa shape index (κ2) is 34.6. The molecule has 3 saturated heterocycles. The van der Waals surface area contributed by atoms with Crippen molar-refractivity contribution in [2.75, 3.05) is 26.4 Å². The van der Waals surface area contributed by atoms with Crippen LogP contribution in [-0.2, 0) is 33.2 Å². The SMILES string of the molecule is CCCCCC/C=C\CCCCCCCC(=O)NC(COC1OC(CO)C(OC2OC(CO)C(OC3OC(CO)C(O)C(O)C3O)C(O)C2O)C(O)C1O)C(O)/C=C/CCCCCCCCCC. The maximum Gasteiger partial charge on any atom is 0.220 e. The Kier molecular flexibility index (Phi) is 30.8. The second-order valence-electron chi connectivity index (χ2n) is 18.6. The monoisotopic (exact) mass is 980 g/mol. The molecule has 19 nitrogen and oxygen atoms in total. The van der Waals surface area contributed by atoms with Crippen LogP contribution in [0.25, 0.3) is 0 Å². The Balaban J connectivity index is 1.57. The molecule has 0 aromatic heterocycles. The van der Waals surface area contributed by atoms with E-state index in [2.05, 4.69) is 31.3 Å². The highest BCUT2D eigenvalue weighted by atomic mass is 16.8. The number of aliphatic hydroxyl groups excluding tert-OH is 11. The summed E-state index contributed by atoms with van der Waals surface area (Å²) in [5.41, 5.74) is 0. The van der Waals surface area contributed by atoms with Crippen LogP contribution in [0.4, 0.5) is 0 Å². The van der Waals surface area contributed by atoms with Crippen LogP contribution in [0.1, 0.15) is 149 Å². The van der Waals surface area contributed by atoms with Crippen molar-refractivity contribution in [3.05, 3.63) is 24.3 Å². The molecule has 12 N–H and O–H groups in total. The first-order valence-electron chi connectivity index (χ1n) is 25.6. The van der Waals surface area contributed by atoms with E-state index in [0.29, 0.717) is 6.42 Å². The summed E-state index contributed by atoms with van der Waals surface area (Å²) in [6.45, 7) is 1.63. The Bertz CT molecular complexity index is 1360. The van der Waals surface area contributed by atoms with E-state index in [1.165, 1.54) is 57.8 Å². The molecule has 68 heavy (non-hydrogen) atoms. The molecule has 17 atom stereocenters. The quantitative estimate of drug-likeness (QED) is 0.0317. The van der Waals surface area contributed by atoms with Gasteiger partial charge < -0.3 is 89.9 Å². The number of hydrogen-bond donors (Lipinski definition) is 12. The zero-order valence-electron chi connectivity index (χ0n) is 40.6. The number of ether oxygens (including phenoxy) is 6. The molecule has 17 unspecified atom stereocenters. The zero-order valence-corrected chi connectivity index (χ0v) is 40.6. The van der Waals surface area contributed by atoms with Crippen molar-refractivity contribution in [1.82, 2.24) is 5.32 Å². The van der Waals surface area contributed by atoms with Gasteiger partial charge in [0.2, 0.25) is 5.91 Å². The fourth-order valence-corrected chi connectivity index (χ4v) is 8.65. The molecule has 0 spiro atoms. The highest BCUT2D eigenvalue weighted by Crippen LogP contribution is 2.33. The van der Waals surface area contributed by atoms with E-state index in [4.69, 9.17) is 28.4 Å². The first-order chi connectivity index (χ1) is 32.8. The van der Waals surface area contributed by atoms with Crippen molar-refractivity contribution in [1.29, 1.82) is 0 Å². The number of hydrogen-bond acceptors (Lipinski definition) is 18. The van der Waals surface area contributed by atoms with Crippen LogP contribution in [0.5, 0.6) is 0 Å². The van der Waals surface area contributed by atoms with E-state index >= 15 is 0 Å². The van der Waals surface area contributed by atoms with Crippen molar-refractivity contribution in [3.63, 3.8) is 0 Å². The van der Waals surface area contributed by atoms with Crippen molar-refractivity contribution in [2.24, 2.45) is 0 Å². The molecule has 3 fully saturated rings. The number of allylic oxidation sites excluding steroid dienone is 3. The Morgan fingerprint density at radius 1 is 0.515 bits per heavy atom. The van der Waals surface area contributed by atoms with Crippen molar-refractivity contribution in [2.45, 2.75) is 253 Å². The minimum Gasteiger partial charge on any atom is -0.394 e. The third-order valence-electron chi connectivity index (χ3n) is 13.0. The summed E-state index contributed by atoms with van der Waals surface area (Å²) in [5.74, 6) is -0.290. The molecule has 0 radical (unpaired) electrons. The molecule has 3 aliphatic heterocycles. The standard InChI is InChI=1S/C49H89NO18/c1-3-5-7-9-11-13-15-16-17-19-21-23-25-27-37(55)50-32(33(54)26-24-22-20-18-14-12-10-8-6-4-2)31-63-47-43(61)40(58)45(35(29-52)65-47)68-49-44(62)41(59)46(36(30-53)66-49)67-48-42(60)39(57)38(56)34(28-51)64-48/h13,15,24,26,32-36,38-49,51-54,56-62H,3-12,14,16-23,25,27-31H2,1-2H3,(H,50,55)/b15-13-,26-24+. The van der Waals surface area contributed by atoms with E-state index in [1.807, 2.05) is 6.08 Å². The van der Waals surface area contributed by atoms with Gasteiger partial charge in [0.1, 0.15) is 73.2 Å². The van der Waals surface area contributed by atoms with Gasteiger partial charge in [-0.15, -0.1) is 0 Å². The van der Waals surface area contributed by atoms with Gasteiger partial charge >= 0.3 is 0 Å². The number of amides is 1. The van der Waals surface area contributed by atoms with Gasteiger partial charge in [-0.25, -0.2) is 0 Å². The normalized spacial score (nSPS) is 33.3. The Morgan fingerprint density at radius 2 is 0.926 bits per heavy atom. The summed E-state index contributed by atoms with van der Waals surface area (Å²) in [5, 5.41) is 119. The lowest BCUT2D eigenvalue weighted by molar-refractivity contribution is -0.379. The second-order valence-corrected chi connectivity index (χ2v) is 18.6. The molecule has 3 heterocycles. The van der Waals surface area contributed by atoms with Crippen LogP contribution < -0.4 is 5.32 Å². The lowest BCUT2D eigenvalue weighted by atomic mass is 9.96. The molecule has 3 aliphatic rings. The summed E-state index contributed by atoms with van der Waals surface area (Å²) >= 11 is 0. The van der Waals surface area contributed by atoms with Crippen LogP contribution in [-0.4, -0.2) is 193 Å². The fraction of sp³-hybridized carbons (Fsp3) is 0.898. The summed E-state index contributed by atoms with van der Waals surface area (Å²) in [4.78, 5) is 13.2. The number of rotatable bonds is 35. The van der Waals surface area contributed by atoms with E-state index in [1.54, 1.807) is 6.08 Å². The molecule has 0 saturated carbocycles. The Hall–Kier alpha value is -1.73. The molecule has 1 amide bonds. The van der Waals surface area contributed by atoms with Crippen LogP contribution in [0.15, 0.2) is 24.3 Å². The molecule has 0 aliphatic carbocycles. The Morgan fingerprint density at radius 3 is 1.44 bits per heavy atom. The van der Waals surface area contributed by atoms with Crippen molar-refractivity contribution >= 4 is 5.91 Å². The number of aliphatic hydroxyl groups is 11. The molecular weight excluding hydrogens is 891 g/mol. The third kappa shape index (κ3) is 20.4. The largest absolute Gasteiger partial charge is 0.394 e. The maximum absolute atomic E-state index is 13.2. The lowest BCUT2D eigenvalue weighted by Gasteiger charge is -2.48. The van der Waals surface area contributed by atoms with Crippen molar-refractivity contribution < 1.29 is 89.4 Å². The number of carbonyl (C=O) groups is 1. The predicted octanol–water partition coefficient (Wildman–Crippen LogP) is 1.64. The van der Waals surface area contributed by atoms with E-state index in [0.717, 1.165) is 64.2 Å². The molecule has 3 rings (SSSR count). The number of nitrogens with one attached hydrogen (secondary N) is 1.